The Morgan fingerprint density at radius 2 is 1.95 bits per heavy atom. The van der Waals surface area contributed by atoms with E-state index in [4.69, 9.17) is 16.7 Å². The number of halogens is 1. The van der Waals surface area contributed by atoms with Gasteiger partial charge in [0.1, 0.15) is 6.54 Å². The molecule has 1 amide bonds. The molecule has 1 atom stereocenters. The number of carboxylic acids is 1. The molecule has 1 unspecified atom stereocenters. The van der Waals surface area contributed by atoms with E-state index in [9.17, 15) is 9.59 Å². The molecule has 110 valence electrons. The van der Waals surface area contributed by atoms with Gasteiger partial charge < -0.3 is 10.0 Å². The highest BCUT2D eigenvalue weighted by Crippen LogP contribution is 2.16. The fourth-order valence-corrected chi connectivity index (χ4v) is 2.26. The van der Waals surface area contributed by atoms with E-state index in [1.807, 2.05) is 32.0 Å². The summed E-state index contributed by atoms with van der Waals surface area (Å²) in [7, 11) is 0. The van der Waals surface area contributed by atoms with Crippen LogP contribution in [-0.2, 0) is 16.0 Å². The summed E-state index contributed by atoms with van der Waals surface area (Å²) in [5, 5.41) is 9.51. The molecule has 20 heavy (non-hydrogen) atoms. The highest BCUT2D eigenvalue weighted by Gasteiger charge is 2.24. The third-order valence-corrected chi connectivity index (χ3v) is 3.30. The summed E-state index contributed by atoms with van der Waals surface area (Å²) in [6.45, 7) is 5.16. The van der Waals surface area contributed by atoms with Crippen LogP contribution in [0.1, 0.15) is 26.3 Å². The van der Waals surface area contributed by atoms with Crippen LogP contribution in [0.15, 0.2) is 24.3 Å². The zero-order valence-electron chi connectivity index (χ0n) is 12.0. The van der Waals surface area contributed by atoms with Crippen molar-refractivity contribution in [2.75, 3.05) is 6.54 Å². The van der Waals surface area contributed by atoms with Crippen molar-refractivity contribution in [3.63, 3.8) is 0 Å². The first kappa shape index (κ1) is 16.5. The maximum Gasteiger partial charge on any atom is 0.323 e. The van der Waals surface area contributed by atoms with E-state index < -0.39 is 5.97 Å². The minimum Gasteiger partial charge on any atom is -0.480 e. The van der Waals surface area contributed by atoms with Crippen molar-refractivity contribution in [1.82, 2.24) is 4.90 Å². The number of benzene rings is 1. The number of carbonyl (C=O) groups is 2. The topological polar surface area (TPSA) is 57.6 Å². The smallest absolute Gasteiger partial charge is 0.323 e. The third kappa shape index (κ3) is 4.85. The van der Waals surface area contributed by atoms with Crippen LogP contribution in [0.2, 0.25) is 5.02 Å². The van der Waals surface area contributed by atoms with E-state index in [0.29, 0.717) is 11.4 Å². The average Bonchev–Trinajstić information content (AvgIpc) is 2.34. The highest BCUT2D eigenvalue weighted by molar-refractivity contribution is 6.30. The van der Waals surface area contributed by atoms with Crippen molar-refractivity contribution in [3.05, 3.63) is 34.9 Å². The SMILES string of the molecule is CC(Cc1cccc(Cl)c1)C(=O)N(CC(=O)O)C(C)C. The van der Waals surface area contributed by atoms with Gasteiger partial charge in [-0.05, 0) is 38.0 Å². The second-order valence-corrected chi connectivity index (χ2v) is 5.63. The van der Waals surface area contributed by atoms with Crippen LogP contribution in [0.25, 0.3) is 0 Å². The van der Waals surface area contributed by atoms with E-state index in [1.54, 1.807) is 13.0 Å². The largest absolute Gasteiger partial charge is 0.480 e. The molecule has 0 aliphatic carbocycles. The van der Waals surface area contributed by atoms with Gasteiger partial charge in [0.2, 0.25) is 5.91 Å². The lowest BCUT2D eigenvalue weighted by Gasteiger charge is -2.28. The second kappa shape index (κ2) is 7.29. The first-order valence-electron chi connectivity index (χ1n) is 6.58. The Bertz CT molecular complexity index is 488. The standard InChI is InChI=1S/C15H20ClNO3/c1-10(2)17(9-14(18)19)15(20)11(3)7-12-5-4-6-13(16)8-12/h4-6,8,10-11H,7,9H2,1-3H3,(H,18,19). The summed E-state index contributed by atoms with van der Waals surface area (Å²) in [5.41, 5.74) is 0.970. The molecule has 1 rings (SSSR count). The molecule has 1 N–H and O–H groups in total. The Balaban J connectivity index is 2.76. The molecule has 1 aromatic carbocycles. The number of carboxylic acid groups (broad SMARTS) is 1. The van der Waals surface area contributed by atoms with Gasteiger partial charge in [0.25, 0.3) is 0 Å². The summed E-state index contributed by atoms with van der Waals surface area (Å²) in [5.74, 6) is -1.43. The van der Waals surface area contributed by atoms with Gasteiger partial charge in [-0.3, -0.25) is 9.59 Å². The Labute approximate surface area is 124 Å². The first-order valence-corrected chi connectivity index (χ1v) is 6.95. The van der Waals surface area contributed by atoms with E-state index in [0.717, 1.165) is 5.56 Å². The van der Waals surface area contributed by atoms with Crippen molar-refractivity contribution in [1.29, 1.82) is 0 Å². The number of amides is 1. The molecule has 5 heteroatoms. The number of hydrogen-bond donors (Lipinski definition) is 1. The Kier molecular flexibility index (Phi) is 6.02. The van der Waals surface area contributed by atoms with Crippen molar-refractivity contribution >= 4 is 23.5 Å². The van der Waals surface area contributed by atoms with Crippen LogP contribution in [0.5, 0.6) is 0 Å². The summed E-state index contributed by atoms with van der Waals surface area (Å²) in [6, 6.07) is 7.21. The number of carbonyl (C=O) groups excluding carboxylic acids is 1. The molecule has 0 bridgehead atoms. The zero-order chi connectivity index (χ0) is 15.3. The Morgan fingerprint density at radius 1 is 1.30 bits per heavy atom. The van der Waals surface area contributed by atoms with Crippen LogP contribution in [-0.4, -0.2) is 34.5 Å². The van der Waals surface area contributed by atoms with Gasteiger partial charge in [-0.15, -0.1) is 0 Å². The maximum absolute atomic E-state index is 12.3. The number of rotatable bonds is 6. The summed E-state index contributed by atoms with van der Waals surface area (Å²) in [4.78, 5) is 24.6. The van der Waals surface area contributed by atoms with Gasteiger partial charge >= 0.3 is 5.97 Å². The molecule has 0 heterocycles. The minimum absolute atomic E-state index is 0.139. The van der Waals surface area contributed by atoms with Gasteiger partial charge in [-0.2, -0.15) is 0 Å². The van der Waals surface area contributed by atoms with E-state index >= 15 is 0 Å². The normalized spacial score (nSPS) is 12.2. The van der Waals surface area contributed by atoms with Gasteiger partial charge in [-0.1, -0.05) is 30.7 Å². The molecule has 0 fully saturated rings. The third-order valence-electron chi connectivity index (χ3n) is 3.06. The van der Waals surface area contributed by atoms with Gasteiger partial charge in [-0.25, -0.2) is 0 Å². The molecule has 0 aliphatic heterocycles. The lowest BCUT2D eigenvalue weighted by Crippen LogP contribution is -2.43. The fraction of sp³-hybridized carbons (Fsp3) is 0.467. The number of hydrogen-bond acceptors (Lipinski definition) is 2. The molecule has 0 aliphatic rings. The molecule has 0 spiro atoms. The maximum atomic E-state index is 12.3. The van der Waals surface area contributed by atoms with Crippen molar-refractivity contribution in [2.24, 2.45) is 5.92 Å². The van der Waals surface area contributed by atoms with Crippen LogP contribution >= 0.6 is 11.6 Å². The van der Waals surface area contributed by atoms with Gasteiger partial charge in [0.15, 0.2) is 0 Å². The summed E-state index contributed by atoms with van der Waals surface area (Å²) in [6.07, 6.45) is 0.544. The zero-order valence-corrected chi connectivity index (χ0v) is 12.7. The lowest BCUT2D eigenvalue weighted by molar-refractivity contribution is -0.147. The van der Waals surface area contributed by atoms with Crippen molar-refractivity contribution in [3.8, 4) is 0 Å². The highest BCUT2D eigenvalue weighted by atomic mass is 35.5. The van der Waals surface area contributed by atoms with E-state index in [1.165, 1.54) is 4.90 Å². The first-order chi connectivity index (χ1) is 9.31. The molecule has 0 aromatic heterocycles. The number of nitrogens with zero attached hydrogens (tertiary/aromatic N) is 1. The summed E-state index contributed by atoms with van der Waals surface area (Å²) >= 11 is 5.92. The predicted octanol–water partition coefficient (Wildman–Crippen LogP) is 2.84. The van der Waals surface area contributed by atoms with Crippen LogP contribution in [0.3, 0.4) is 0 Å². The van der Waals surface area contributed by atoms with Crippen molar-refractivity contribution < 1.29 is 14.7 Å². The number of aliphatic carboxylic acids is 1. The van der Waals surface area contributed by atoms with E-state index in [2.05, 4.69) is 0 Å². The Morgan fingerprint density at radius 3 is 2.45 bits per heavy atom. The monoisotopic (exact) mass is 297 g/mol. The quantitative estimate of drug-likeness (QED) is 0.878. The molecule has 4 nitrogen and oxygen atoms in total. The van der Waals surface area contributed by atoms with Crippen LogP contribution in [0.4, 0.5) is 0 Å². The van der Waals surface area contributed by atoms with E-state index in [-0.39, 0.29) is 24.4 Å². The molecule has 0 saturated heterocycles. The van der Waals surface area contributed by atoms with Crippen LogP contribution < -0.4 is 0 Å². The molecular formula is C15H20ClNO3. The lowest BCUT2D eigenvalue weighted by atomic mass is 9.99. The van der Waals surface area contributed by atoms with Gasteiger partial charge in [0.05, 0.1) is 0 Å². The Hall–Kier alpha value is -1.55. The predicted molar refractivity (Wildman–Crippen MR) is 78.8 cm³/mol. The van der Waals surface area contributed by atoms with Crippen LogP contribution in [0, 0.1) is 5.92 Å². The molecule has 0 radical (unpaired) electrons. The molecule has 1 aromatic rings. The minimum atomic E-state index is -0.998. The fourth-order valence-electron chi connectivity index (χ4n) is 2.05. The average molecular weight is 298 g/mol. The summed E-state index contributed by atoms with van der Waals surface area (Å²) < 4.78 is 0. The van der Waals surface area contributed by atoms with Gasteiger partial charge in [0, 0.05) is 17.0 Å². The second-order valence-electron chi connectivity index (χ2n) is 5.19. The van der Waals surface area contributed by atoms with Crippen molar-refractivity contribution in [2.45, 2.75) is 33.2 Å². The molecular weight excluding hydrogens is 278 g/mol. The molecule has 0 saturated carbocycles.